The predicted octanol–water partition coefficient (Wildman–Crippen LogP) is 3.30. The van der Waals surface area contributed by atoms with Crippen LogP contribution in [-0.2, 0) is 42.9 Å². The first kappa shape index (κ1) is 33.6. The molecule has 46 heavy (non-hydrogen) atoms. The molecule has 1 aliphatic heterocycles. The lowest BCUT2D eigenvalue weighted by atomic mass is 9.38. The second kappa shape index (κ2) is 11.2. The summed E-state index contributed by atoms with van der Waals surface area (Å²) in [6.45, 7) is 11.1. The van der Waals surface area contributed by atoms with E-state index < -0.39 is 87.8 Å². The minimum Gasteiger partial charge on any atom is -0.472 e. The van der Waals surface area contributed by atoms with Crippen LogP contribution in [0.2, 0.25) is 0 Å². The van der Waals surface area contributed by atoms with Crippen molar-refractivity contribution in [2.75, 3.05) is 7.11 Å². The number of hydrogen-bond donors (Lipinski definition) is 2. The van der Waals surface area contributed by atoms with Crippen molar-refractivity contribution in [3.63, 3.8) is 0 Å². The van der Waals surface area contributed by atoms with Crippen LogP contribution in [0.4, 0.5) is 0 Å². The number of ether oxygens (including phenoxy) is 4. The van der Waals surface area contributed by atoms with Gasteiger partial charge < -0.3 is 33.6 Å². The maximum atomic E-state index is 14.9. The van der Waals surface area contributed by atoms with Crippen molar-refractivity contribution in [1.82, 2.24) is 0 Å². The number of fused-ring (bicyclic) bond motifs is 5. The Hall–Kier alpha value is -3.77. The number of Topliss-reactive ketones (excluding diaryl/α,β-unsaturated/α-hetero) is 1. The van der Waals surface area contributed by atoms with Crippen LogP contribution in [0.5, 0.6) is 0 Å². The lowest BCUT2D eigenvalue weighted by Gasteiger charge is -2.67. The van der Waals surface area contributed by atoms with Gasteiger partial charge in [0.05, 0.1) is 19.6 Å². The molecule has 1 aromatic heterocycles. The number of carbonyl (C=O) groups excluding carboxylic acids is 5. The summed E-state index contributed by atoms with van der Waals surface area (Å²) in [7, 11) is 1.22. The quantitative estimate of drug-likeness (QED) is 0.201. The van der Waals surface area contributed by atoms with Gasteiger partial charge in [-0.25, -0.2) is 9.59 Å². The Morgan fingerprint density at radius 1 is 1.11 bits per heavy atom. The second-order valence-corrected chi connectivity index (χ2v) is 14.0. The highest BCUT2D eigenvalue weighted by Gasteiger charge is 2.78. The van der Waals surface area contributed by atoms with Crippen LogP contribution in [0.15, 0.2) is 45.8 Å². The van der Waals surface area contributed by atoms with Crippen molar-refractivity contribution in [1.29, 1.82) is 0 Å². The minimum atomic E-state index is -2.68. The summed E-state index contributed by atoms with van der Waals surface area (Å²) in [4.78, 5) is 67.4. The number of allylic oxidation sites excluding steroid dienone is 1. The van der Waals surface area contributed by atoms with E-state index in [4.69, 9.17) is 23.4 Å². The Balaban J connectivity index is 1.87. The van der Waals surface area contributed by atoms with Gasteiger partial charge in [-0.1, -0.05) is 33.8 Å². The predicted molar refractivity (Wildman–Crippen MR) is 158 cm³/mol. The molecule has 250 valence electrons. The number of esters is 4. The van der Waals surface area contributed by atoms with Gasteiger partial charge in [0.25, 0.3) is 0 Å². The van der Waals surface area contributed by atoms with Crippen LogP contribution < -0.4 is 0 Å². The molecule has 1 saturated heterocycles. The van der Waals surface area contributed by atoms with Crippen LogP contribution in [0.3, 0.4) is 0 Å². The van der Waals surface area contributed by atoms with Crippen LogP contribution in [0.1, 0.15) is 79.4 Å². The zero-order valence-corrected chi connectivity index (χ0v) is 27.4. The number of aliphatic hydroxyl groups excluding tert-OH is 1. The van der Waals surface area contributed by atoms with Gasteiger partial charge in [-0.2, -0.15) is 0 Å². The first-order valence-corrected chi connectivity index (χ1v) is 15.4. The van der Waals surface area contributed by atoms with E-state index >= 15 is 0 Å². The number of carbonyl (C=O) groups is 5. The Morgan fingerprint density at radius 3 is 2.35 bits per heavy atom. The molecule has 2 bridgehead atoms. The second-order valence-electron chi connectivity index (χ2n) is 14.0. The number of hydrogen-bond acceptors (Lipinski definition) is 12. The maximum Gasteiger partial charge on any atom is 0.339 e. The third-order valence-corrected chi connectivity index (χ3v) is 11.2. The lowest BCUT2D eigenvalue weighted by molar-refractivity contribution is -0.257. The van der Waals surface area contributed by atoms with Gasteiger partial charge in [0, 0.05) is 40.7 Å². The zero-order valence-electron chi connectivity index (χ0n) is 27.4. The molecule has 0 radical (unpaired) electrons. The lowest BCUT2D eigenvalue weighted by Crippen LogP contribution is -2.80. The summed E-state index contributed by atoms with van der Waals surface area (Å²) in [6.07, 6.45) is -1.45. The van der Waals surface area contributed by atoms with E-state index in [1.54, 1.807) is 40.7 Å². The molecular weight excluding hydrogens is 600 g/mol. The summed E-state index contributed by atoms with van der Waals surface area (Å²) < 4.78 is 27.9. The molecule has 3 aliphatic carbocycles. The molecule has 2 saturated carbocycles. The number of aliphatic hydroxyl groups is 2. The SMILES string of the molecule is CC=C(C)C(=O)O[C@H]1C(C)(C)[C@H](CC(=O)OC)[C@]2(C)C(=O)[C@@]1(O)[C@@H](OC(C)=O)C1=C3[C@@H](O)C(=O)O[C@@H](c4ccoc4)[C@]3(C)CC[C@@H]12. The largest absolute Gasteiger partial charge is 0.472 e. The first-order valence-electron chi connectivity index (χ1n) is 15.4. The van der Waals surface area contributed by atoms with E-state index in [1.165, 1.54) is 32.6 Å². The van der Waals surface area contributed by atoms with E-state index in [0.717, 1.165) is 6.92 Å². The van der Waals surface area contributed by atoms with Gasteiger partial charge in [-0.15, -0.1) is 0 Å². The maximum absolute atomic E-state index is 14.9. The Bertz CT molecular complexity index is 1530. The van der Waals surface area contributed by atoms with Crippen LogP contribution in [0, 0.1) is 28.1 Å². The average Bonchev–Trinajstić information content (AvgIpc) is 3.54. The molecule has 2 N–H and O–H groups in total. The molecule has 2 heterocycles. The molecule has 0 amide bonds. The smallest absolute Gasteiger partial charge is 0.339 e. The summed E-state index contributed by atoms with van der Waals surface area (Å²) in [6, 6.07) is 1.64. The monoisotopic (exact) mass is 642 g/mol. The molecule has 12 heteroatoms. The fourth-order valence-corrected chi connectivity index (χ4v) is 8.96. The van der Waals surface area contributed by atoms with Crippen LogP contribution >= 0.6 is 0 Å². The number of methoxy groups -OCH3 is 1. The molecule has 1 aromatic rings. The van der Waals surface area contributed by atoms with Gasteiger partial charge in [0.1, 0.15) is 12.2 Å². The minimum absolute atomic E-state index is 0.154. The van der Waals surface area contributed by atoms with Crippen molar-refractivity contribution < 1.29 is 57.6 Å². The highest BCUT2D eigenvalue weighted by atomic mass is 16.6. The molecular formula is C34H42O12. The number of furan rings is 1. The van der Waals surface area contributed by atoms with Crippen molar-refractivity contribution in [3.8, 4) is 0 Å². The Kier molecular flexibility index (Phi) is 8.17. The van der Waals surface area contributed by atoms with E-state index in [1.807, 2.05) is 0 Å². The van der Waals surface area contributed by atoms with Crippen molar-refractivity contribution in [3.05, 3.63) is 47.0 Å². The van der Waals surface area contributed by atoms with E-state index in [9.17, 15) is 34.2 Å². The zero-order chi connectivity index (χ0) is 34.1. The molecule has 3 fully saturated rings. The molecule has 12 nitrogen and oxygen atoms in total. The Labute approximate surface area is 267 Å². The van der Waals surface area contributed by atoms with Crippen LogP contribution in [-0.4, -0.2) is 70.9 Å². The van der Waals surface area contributed by atoms with Crippen molar-refractivity contribution >= 4 is 29.7 Å². The first-order chi connectivity index (χ1) is 21.4. The highest BCUT2D eigenvalue weighted by molar-refractivity contribution is 6.00. The van der Waals surface area contributed by atoms with Crippen molar-refractivity contribution in [2.45, 2.75) is 97.7 Å². The van der Waals surface area contributed by atoms with Gasteiger partial charge in [-0.05, 0) is 55.7 Å². The highest BCUT2D eigenvalue weighted by Crippen LogP contribution is 2.69. The molecule has 5 rings (SSSR count). The summed E-state index contributed by atoms with van der Waals surface area (Å²) in [5.41, 5.74) is -5.51. The van der Waals surface area contributed by atoms with Gasteiger partial charge in [0.2, 0.25) is 5.60 Å². The average molecular weight is 643 g/mol. The van der Waals surface area contributed by atoms with E-state index in [0.29, 0.717) is 12.0 Å². The normalized spacial score (nSPS) is 38.3. The fraction of sp³-hybridized carbons (Fsp3) is 0.618. The van der Waals surface area contributed by atoms with E-state index in [2.05, 4.69) is 0 Å². The number of ketones is 1. The third-order valence-electron chi connectivity index (χ3n) is 11.2. The van der Waals surface area contributed by atoms with E-state index in [-0.39, 0.29) is 29.6 Å². The topological polar surface area (TPSA) is 176 Å². The molecule has 4 aliphatic rings. The van der Waals surface area contributed by atoms with Gasteiger partial charge >= 0.3 is 23.9 Å². The van der Waals surface area contributed by atoms with Crippen molar-refractivity contribution in [2.24, 2.45) is 28.1 Å². The van der Waals surface area contributed by atoms with Crippen LogP contribution in [0.25, 0.3) is 0 Å². The summed E-state index contributed by atoms with van der Waals surface area (Å²) in [5, 5.41) is 24.5. The summed E-state index contributed by atoms with van der Waals surface area (Å²) in [5.74, 6) is -5.70. The van der Waals surface area contributed by atoms with Gasteiger partial charge in [0.15, 0.2) is 18.0 Å². The Morgan fingerprint density at radius 2 is 1.78 bits per heavy atom. The third kappa shape index (κ3) is 4.51. The summed E-state index contributed by atoms with van der Waals surface area (Å²) >= 11 is 0. The molecule has 0 unspecified atom stereocenters. The molecule has 0 aromatic carbocycles. The molecule has 9 atom stereocenters. The number of rotatable bonds is 6. The number of cyclic esters (lactones) is 1. The molecule has 0 spiro atoms. The fourth-order valence-electron chi connectivity index (χ4n) is 8.96. The van der Waals surface area contributed by atoms with Gasteiger partial charge in [-0.3, -0.25) is 14.4 Å². The standard InChI is InChI=1S/C34H42O12/c1-9-16(2)27(38)46-30-31(4,5)20(14-21(36)42-8)33(7)19-10-12-32(6)23(22(19)26(44-17(3)35)34(30,41)29(33)40)24(37)28(39)45-25(32)18-11-13-43-15-18/h9,11,13,15,19-20,24-26,30,37,41H,10,12,14H2,1-8H3/t19-,20-,24+,25-,26-,30-,32+,33+,34-/m0/s1.